The highest BCUT2D eigenvalue weighted by Crippen LogP contribution is 2.40. The van der Waals surface area contributed by atoms with Crippen molar-refractivity contribution in [2.75, 3.05) is 6.54 Å². The fourth-order valence-electron chi connectivity index (χ4n) is 2.49. The van der Waals surface area contributed by atoms with Crippen LogP contribution in [0.2, 0.25) is 5.15 Å². The SMILES string of the molecule is CCCc1cc(C(=O)NCC2(C(=O)O)CCC2)cc(Cl)n1. The Morgan fingerprint density at radius 3 is 2.67 bits per heavy atom. The number of aliphatic carboxylic acids is 1. The normalized spacial score (nSPS) is 16.1. The van der Waals surface area contributed by atoms with E-state index in [1.807, 2.05) is 6.92 Å². The lowest BCUT2D eigenvalue weighted by molar-refractivity contribution is -0.153. The number of halogens is 1. The summed E-state index contributed by atoms with van der Waals surface area (Å²) in [5.41, 5.74) is 0.406. The number of pyridine rings is 1. The average molecular weight is 311 g/mol. The number of carboxylic acid groups (broad SMARTS) is 1. The molecular formula is C15H19ClN2O3. The van der Waals surface area contributed by atoms with E-state index in [1.165, 1.54) is 6.07 Å². The fraction of sp³-hybridized carbons (Fsp3) is 0.533. The maximum atomic E-state index is 12.2. The molecule has 0 aliphatic heterocycles. The van der Waals surface area contributed by atoms with Gasteiger partial charge >= 0.3 is 5.97 Å². The standard InChI is InChI=1S/C15H19ClN2O3/c1-2-4-11-7-10(8-12(16)18-11)13(19)17-9-15(14(20)21)5-3-6-15/h7-8H,2-6,9H2,1H3,(H,17,19)(H,20,21). The van der Waals surface area contributed by atoms with E-state index in [2.05, 4.69) is 10.3 Å². The number of amides is 1. The Labute approximate surface area is 128 Å². The summed E-state index contributed by atoms with van der Waals surface area (Å²) in [5, 5.41) is 12.2. The minimum atomic E-state index is -0.839. The molecule has 1 heterocycles. The lowest BCUT2D eigenvalue weighted by Crippen LogP contribution is -2.47. The molecule has 0 aromatic carbocycles. The first-order chi connectivity index (χ1) is 9.97. The molecule has 1 aliphatic carbocycles. The Hall–Kier alpha value is -1.62. The van der Waals surface area contributed by atoms with Crippen molar-refractivity contribution < 1.29 is 14.7 Å². The maximum Gasteiger partial charge on any atom is 0.311 e. The van der Waals surface area contributed by atoms with E-state index in [9.17, 15) is 14.7 Å². The Balaban J connectivity index is 2.05. The van der Waals surface area contributed by atoms with Crippen LogP contribution >= 0.6 is 11.6 Å². The van der Waals surface area contributed by atoms with Crippen molar-refractivity contribution in [2.24, 2.45) is 5.41 Å². The predicted octanol–water partition coefficient (Wildman–Crippen LogP) is 2.67. The van der Waals surface area contributed by atoms with Crippen LogP contribution in [0.25, 0.3) is 0 Å². The monoisotopic (exact) mass is 310 g/mol. The third-order valence-electron chi connectivity index (χ3n) is 3.97. The van der Waals surface area contributed by atoms with E-state index < -0.39 is 11.4 Å². The molecule has 1 aliphatic rings. The van der Waals surface area contributed by atoms with Gasteiger partial charge in [0, 0.05) is 17.8 Å². The highest BCUT2D eigenvalue weighted by atomic mass is 35.5. The Morgan fingerprint density at radius 1 is 1.43 bits per heavy atom. The number of hydrogen-bond donors (Lipinski definition) is 2. The Kier molecular flexibility index (Phi) is 4.83. The molecule has 2 rings (SSSR count). The van der Waals surface area contributed by atoms with Crippen molar-refractivity contribution in [3.8, 4) is 0 Å². The van der Waals surface area contributed by atoms with Gasteiger partial charge < -0.3 is 10.4 Å². The van der Waals surface area contributed by atoms with Crippen molar-refractivity contribution in [3.05, 3.63) is 28.5 Å². The highest BCUT2D eigenvalue weighted by Gasteiger charge is 2.44. The first-order valence-electron chi connectivity index (χ1n) is 7.15. The van der Waals surface area contributed by atoms with Crippen molar-refractivity contribution >= 4 is 23.5 Å². The van der Waals surface area contributed by atoms with Gasteiger partial charge in [0.1, 0.15) is 5.15 Å². The third-order valence-corrected chi connectivity index (χ3v) is 4.16. The van der Waals surface area contributed by atoms with Crippen molar-refractivity contribution in [3.63, 3.8) is 0 Å². The molecule has 0 radical (unpaired) electrons. The zero-order valence-electron chi connectivity index (χ0n) is 12.0. The number of nitrogens with zero attached hydrogens (tertiary/aromatic N) is 1. The minimum Gasteiger partial charge on any atom is -0.481 e. The number of carboxylic acids is 1. The van der Waals surface area contributed by atoms with Gasteiger partial charge in [0.25, 0.3) is 5.91 Å². The molecule has 0 spiro atoms. The summed E-state index contributed by atoms with van der Waals surface area (Å²) < 4.78 is 0. The van der Waals surface area contributed by atoms with Gasteiger partial charge in [0.2, 0.25) is 0 Å². The minimum absolute atomic E-state index is 0.157. The number of carbonyl (C=O) groups is 2. The second kappa shape index (κ2) is 6.43. The molecule has 1 aromatic rings. The maximum absolute atomic E-state index is 12.2. The molecule has 21 heavy (non-hydrogen) atoms. The van der Waals surface area contributed by atoms with Gasteiger partial charge in [0.05, 0.1) is 5.41 Å². The van der Waals surface area contributed by atoms with E-state index in [0.29, 0.717) is 18.4 Å². The van der Waals surface area contributed by atoms with Crippen molar-refractivity contribution in [1.29, 1.82) is 0 Å². The topological polar surface area (TPSA) is 79.3 Å². The largest absolute Gasteiger partial charge is 0.481 e. The third kappa shape index (κ3) is 3.53. The molecule has 0 unspecified atom stereocenters. The molecule has 5 nitrogen and oxygen atoms in total. The van der Waals surface area contributed by atoms with Gasteiger partial charge in [0.15, 0.2) is 0 Å². The second-order valence-electron chi connectivity index (χ2n) is 5.54. The second-order valence-corrected chi connectivity index (χ2v) is 5.93. The molecule has 1 amide bonds. The number of aromatic nitrogens is 1. The molecule has 2 N–H and O–H groups in total. The lowest BCUT2D eigenvalue weighted by Gasteiger charge is -2.37. The van der Waals surface area contributed by atoms with Crippen LogP contribution < -0.4 is 5.32 Å². The van der Waals surface area contributed by atoms with Gasteiger partial charge in [-0.3, -0.25) is 9.59 Å². The van der Waals surface area contributed by atoms with Crippen LogP contribution in [0, 0.1) is 5.41 Å². The molecular weight excluding hydrogens is 292 g/mol. The zero-order valence-corrected chi connectivity index (χ0v) is 12.7. The van der Waals surface area contributed by atoms with Gasteiger partial charge in [-0.1, -0.05) is 31.4 Å². The van der Waals surface area contributed by atoms with E-state index >= 15 is 0 Å². The van der Waals surface area contributed by atoms with Crippen LogP contribution in [0.1, 0.15) is 48.7 Å². The zero-order chi connectivity index (χ0) is 15.5. The molecule has 1 fully saturated rings. The highest BCUT2D eigenvalue weighted by molar-refractivity contribution is 6.29. The predicted molar refractivity (Wildman–Crippen MR) is 79.5 cm³/mol. The number of rotatable bonds is 6. The summed E-state index contributed by atoms with van der Waals surface area (Å²) >= 11 is 5.92. The first-order valence-corrected chi connectivity index (χ1v) is 7.53. The van der Waals surface area contributed by atoms with Crippen molar-refractivity contribution in [1.82, 2.24) is 10.3 Å². The van der Waals surface area contributed by atoms with E-state index in [0.717, 1.165) is 25.0 Å². The summed E-state index contributed by atoms with van der Waals surface area (Å²) in [7, 11) is 0. The quantitative estimate of drug-likeness (QED) is 0.792. The van der Waals surface area contributed by atoms with Crippen LogP contribution in [0.5, 0.6) is 0 Å². The first kappa shape index (κ1) is 15.8. The van der Waals surface area contributed by atoms with E-state index in [1.54, 1.807) is 6.07 Å². The van der Waals surface area contributed by atoms with Crippen molar-refractivity contribution in [2.45, 2.75) is 39.0 Å². The summed E-state index contributed by atoms with van der Waals surface area (Å²) in [6, 6.07) is 3.21. The molecule has 1 saturated carbocycles. The van der Waals surface area contributed by atoms with Crippen LogP contribution in [0.4, 0.5) is 0 Å². The van der Waals surface area contributed by atoms with Crippen LogP contribution in [0.15, 0.2) is 12.1 Å². The number of aryl methyl sites for hydroxylation is 1. The molecule has 114 valence electrons. The summed E-state index contributed by atoms with van der Waals surface area (Å²) in [4.78, 5) is 27.6. The van der Waals surface area contributed by atoms with Crippen LogP contribution in [-0.2, 0) is 11.2 Å². The number of hydrogen-bond acceptors (Lipinski definition) is 3. The average Bonchev–Trinajstić information content (AvgIpc) is 2.36. The van der Waals surface area contributed by atoms with Gasteiger partial charge in [-0.05, 0) is 31.4 Å². The Morgan fingerprint density at radius 2 is 2.14 bits per heavy atom. The van der Waals surface area contributed by atoms with Gasteiger partial charge in [-0.15, -0.1) is 0 Å². The van der Waals surface area contributed by atoms with Gasteiger partial charge in [-0.25, -0.2) is 4.98 Å². The van der Waals surface area contributed by atoms with E-state index in [4.69, 9.17) is 11.6 Å². The van der Waals surface area contributed by atoms with Gasteiger partial charge in [-0.2, -0.15) is 0 Å². The number of nitrogens with one attached hydrogen (secondary N) is 1. The summed E-state index contributed by atoms with van der Waals surface area (Å²) in [6.07, 6.45) is 3.78. The fourth-order valence-corrected chi connectivity index (χ4v) is 2.71. The molecule has 0 saturated heterocycles. The van der Waals surface area contributed by atoms with Crippen LogP contribution in [-0.4, -0.2) is 28.5 Å². The van der Waals surface area contributed by atoms with Crippen LogP contribution in [0.3, 0.4) is 0 Å². The smallest absolute Gasteiger partial charge is 0.311 e. The van der Waals surface area contributed by atoms with E-state index in [-0.39, 0.29) is 17.6 Å². The lowest BCUT2D eigenvalue weighted by atomic mass is 9.69. The summed E-state index contributed by atoms with van der Waals surface area (Å²) in [6.45, 7) is 2.18. The Bertz CT molecular complexity index is 556. The summed E-state index contributed by atoms with van der Waals surface area (Å²) in [5.74, 6) is -1.14. The molecule has 6 heteroatoms. The molecule has 0 bridgehead atoms. The molecule has 1 aromatic heterocycles. The molecule has 0 atom stereocenters. The number of carbonyl (C=O) groups excluding carboxylic acids is 1.